The Morgan fingerprint density at radius 2 is 1.75 bits per heavy atom. The summed E-state index contributed by atoms with van der Waals surface area (Å²) in [7, 11) is 1.19. The Bertz CT molecular complexity index is 1190. The van der Waals surface area contributed by atoms with Crippen LogP contribution in [0.2, 0.25) is 0 Å². The number of carbonyl (C=O) groups is 1. The van der Waals surface area contributed by atoms with Gasteiger partial charge >= 0.3 is 5.97 Å². The number of methoxy groups -OCH3 is 1. The molecule has 3 aromatic rings. The van der Waals surface area contributed by atoms with Crippen LogP contribution in [-0.2, 0) is 11.3 Å². The van der Waals surface area contributed by atoms with Crippen LogP contribution in [0, 0.1) is 11.6 Å². The van der Waals surface area contributed by atoms with Crippen LogP contribution in [0.5, 0.6) is 5.75 Å². The quantitative estimate of drug-likeness (QED) is 0.485. The second-order valence-electron chi connectivity index (χ2n) is 7.19. The highest BCUT2D eigenvalue weighted by molar-refractivity contribution is 5.96. The molecular formula is C24H26F2N2O4. The Labute approximate surface area is 185 Å². The summed E-state index contributed by atoms with van der Waals surface area (Å²) in [6.45, 7) is 8.43. The minimum atomic E-state index is -1.24. The maximum absolute atomic E-state index is 14.5. The molecule has 0 aliphatic carbocycles. The molecule has 0 aliphatic heterocycles. The molecule has 0 amide bonds. The van der Waals surface area contributed by atoms with E-state index in [4.69, 9.17) is 9.47 Å². The number of esters is 1. The summed E-state index contributed by atoms with van der Waals surface area (Å²) in [5, 5.41) is -0.182. The van der Waals surface area contributed by atoms with E-state index < -0.39 is 28.8 Å². The van der Waals surface area contributed by atoms with Crippen LogP contribution < -0.4 is 10.2 Å². The number of carbonyl (C=O) groups excluding carboxylic acids is 1. The van der Waals surface area contributed by atoms with E-state index in [1.165, 1.54) is 17.9 Å². The molecule has 0 saturated heterocycles. The second kappa shape index (κ2) is 9.91. The highest BCUT2D eigenvalue weighted by Gasteiger charge is 2.24. The fourth-order valence-electron chi connectivity index (χ4n) is 3.61. The Hall–Kier alpha value is -3.26. The van der Waals surface area contributed by atoms with E-state index in [1.54, 1.807) is 19.1 Å². The van der Waals surface area contributed by atoms with E-state index in [9.17, 15) is 18.4 Å². The van der Waals surface area contributed by atoms with Crippen molar-refractivity contribution in [3.8, 4) is 11.4 Å². The standard InChI is InChI=1S/C24H26F2N2O4/c1-5-27(6-2)13-15-8-10-16(11-9-15)28-14-18(24(30)32-7-3)22(29)17-12-19(25)20(26)23(31-4)21(17)28/h8-12,14H,5-7,13H2,1-4H3. The van der Waals surface area contributed by atoms with Crippen molar-refractivity contribution in [1.29, 1.82) is 0 Å². The normalized spacial score (nSPS) is 11.2. The molecule has 0 fully saturated rings. The van der Waals surface area contributed by atoms with Gasteiger partial charge in [-0.05, 0) is 43.8 Å². The lowest BCUT2D eigenvalue weighted by Crippen LogP contribution is -2.22. The summed E-state index contributed by atoms with van der Waals surface area (Å²) < 4.78 is 40.3. The monoisotopic (exact) mass is 444 g/mol. The first-order valence-electron chi connectivity index (χ1n) is 10.5. The molecule has 0 N–H and O–H groups in total. The number of hydrogen-bond acceptors (Lipinski definition) is 5. The Kier molecular flexibility index (Phi) is 7.25. The lowest BCUT2D eigenvalue weighted by atomic mass is 10.1. The number of rotatable bonds is 8. The van der Waals surface area contributed by atoms with Crippen molar-refractivity contribution in [1.82, 2.24) is 9.47 Å². The van der Waals surface area contributed by atoms with Gasteiger partial charge in [0.25, 0.3) is 0 Å². The predicted octanol–water partition coefficient (Wildman–Crippen LogP) is 4.30. The molecule has 3 rings (SSSR count). The van der Waals surface area contributed by atoms with Crippen LogP contribution in [0.4, 0.5) is 8.78 Å². The average Bonchev–Trinajstić information content (AvgIpc) is 2.80. The van der Waals surface area contributed by atoms with Gasteiger partial charge in [-0.3, -0.25) is 9.69 Å². The van der Waals surface area contributed by atoms with E-state index >= 15 is 0 Å². The van der Waals surface area contributed by atoms with Crippen molar-refractivity contribution in [2.24, 2.45) is 0 Å². The van der Waals surface area contributed by atoms with Crippen molar-refractivity contribution in [2.45, 2.75) is 27.3 Å². The van der Waals surface area contributed by atoms with Gasteiger partial charge in [0.15, 0.2) is 11.6 Å². The van der Waals surface area contributed by atoms with Gasteiger partial charge in [-0.15, -0.1) is 0 Å². The first-order valence-corrected chi connectivity index (χ1v) is 10.5. The number of ether oxygens (including phenoxy) is 2. The zero-order valence-electron chi connectivity index (χ0n) is 18.6. The second-order valence-corrected chi connectivity index (χ2v) is 7.19. The first-order chi connectivity index (χ1) is 15.4. The van der Waals surface area contributed by atoms with Gasteiger partial charge in [0.2, 0.25) is 11.2 Å². The largest absolute Gasteiger partial charge is 0.491 e. The van der Waals surface area contributed by atoms with Crippen LogP contribution >= 0.6 is 0 Å². The summed E-state index contributed by atoms with van der Waals surface area (Å²) in [5.74, 6) is -3.71. The Balaban J connectivity index is 2.27. The van der Waals surface area contributed by atoms with E-state index in [1.807, 2.05) is 12.1 Å². The van der Waals surface area contributed by atoms with Crippen LogP contribution in [0.3, 0.4) is 0 Å². The summed E-state index contributed by atoms with van der Waals surface area (Å²) >= 11 is 0. The van der Waals surface area contributed by atoms with Crippen molar-refractivity contribution in [2.75, 3.05) is 26.8 Å². The number of hydrogen-bond donors (Lipinski definition) is 0. The van der Waals surface area contributed by atoms with Crippen LogP contribution in [0.1, 0.15) is 36.7 Å². The minimum Gasteiger partial charge on any atom is -0.491 e. The fraction of sp³-hybridized carbons (Fsp3) is 0.333. The molecule has 0 spiro atoms. The third-order valence-electron chi connectivity index (χ3n) is 5.35. The SMILES string of the molecule is CCOC(=O)c1cn(-c2ccc(CN(CC)CC)cc2)c2c(OC)c(F)c(F)cc2c1=O. The molecule has 2 aromatic carbocycles. The lowest BCUT2D eigenvalue weighted by Gasteiger charge is -2.19. The average molecular weight is 444 g/mol. The van der Waals surface area contributed by atoms with Crippen LogP contribution in [0.25, 0.3) is 16.6 Å². The lowest BCUT2D eigenvalue weighted by molar-refractivity contribution is 0.0524. The first kappa shape index (κ1) is 23.4. The van der Waals surface area contributed by atoms with E-state index in [2.05, 4.69) is 18.7 Å². The third kappa shape index (κ3) is 4.36. The molecule has 0 unspecified atom stereocenters. The van der Waals surface area contributed by atoms with E-state index in [-0.39, 0.29) is 23.1 Å². The van der Waals surface area contributed by atoms with Gasteiger partial charge in [-0.25, -0.2) is 9.18 Å². The van der Waals surface area contributed by atoms with Crippen LogP contribution in [0.15, 0.2) is 41.3 Å². The number of halogens is 2. The zero-order valence-corrected chi connectivity index (χ0v) is 18.6. The molecule has 0 atom stereocenters. The van der Waals surface area contributed by atoms with Gasteiger partial charge in [0.05, 0.1) is 19.1 Å². The molecule has 32 heavy (non-hydrogen) atoms. The molecule has 0 radical (unpaired) electrons. The molecule has 0 aliphatic rings. The van der Waals surface area contributed by atoms with Gasteiger partial charge in [0.1, 0.15) is 11.1 Å². The summed E-state index contributed by atoms with van der Waals surface area (Å²) in [5.41, 5.74) is 0.608. The maximum Gasteiger partial charge on any atom is 0.343 e. The van der Waals surface area contributed by atoms with E-state index in [0.717, 1.165) is 31.3 Å². The molecule has 1 heterocycles. The molecule has 0 saturated carbocycles. The van der Waals surface area contributed by atoms with Crippen molar-refractivity contribution < 1.29 is 23.0 Å². The number of benzene rings is 2. The van der Waals surface area contributed by atoms with Gasteiger partial charge in [-0.2, -0.15) is 4.39 Å². The molecular weight excluding hydrogens is 418 g/mol. The summed E-state index contributed by atoms with van der Waals surface area (Å²) in [6.07, 6.45) is 1.28. The molecule has 1 aromatic heterocycles. The fourth-order valence-corrected chi connectivity index (χ4v) is 3.61. The molecule has 170 valence electrons. The zero-order chi connectivity index (χ0) is 23.4. The minimum absolute atomic E-state index is 0.0286. The van der Waals surface area contributed by atoms with Gasteiger partial charge < -0.3 is 14.0 Å². The Morgan fingerprint density at radius 1 is 1.09 bits per heavy atom. The smallest absolute Gasteiger partial charge is 0.343 e. The van der Waals surface area contributed by atoms with Crippen LogP contribution in [-0.4, -0.2) is 42.2 Å². The van der Waals surface area contributed by atoms with E-state index in [0.29, 0.717) is 5.69 Å². The number of pyridine rings is 1. The van der Waals surface area contributed by atoms with Gasteiger partial charge in [-0.1, -0.05) is 26.0 Å². The number of fused-ring (bicyclic) bond motifs is 1. The Morgan fingerprint density at radius 3 is 2.31 bits per heavy atom. The predicted molar refractivity (Wildman–Crippen MR) is 119 cm³/mol. The highest BCUT2D eigenvalue weighted by Crippen LogP contribution is 2.31. The van der Waals surface area contributed by atoms with Gasteiger partial charge in [0, 0.05) is 18.4 Å². The van der Waals surface area contributed by atoms with Crippen molar-refractivity contribution in [3.05, 3.63) is 69.5 Å². The number of aromatic nitrogens is 1. The van der Waals surface area contributed by atoms with Crippen molar-refractivity contribution >= 4 is 16.9 Å². The van der Waals surface area contributed by atoms with Crippen molar-refractivity contribution in [3.63, 3.8) is 0 Å². The third-order valence-corrected chi connectivity index (χ3v) is 5.35. The summed E-state index contributed by atoms with van der Waals surface area (Å²) in [4.78, 5) is 27.6. The highest BCUT2D eigenvalue weighted by atomic mass is 19.2. The molecule has 0 bridgehead atoms. The molecule has 6 nitrogen and oxygen atoms in total. The summed E-state index contributed by atoms with van der Waals surface area (Å²) in [6, 6.07) is 8.18. The maximum atomic E-state index is 14.5. The molecule has 8 heteroatoms. The topological polar surface area (TPSA) is 60.8 Å². The number of nitrogens with zero attached hydrogens (tertiary/aromatic N) is 2.